The number of benzene rings is 1. The van der Waals surface area contributed by atoms with E-state index in [1.165, 1.54) is 6.07 Å². The van der Waals surface area contributed by atoms with Gasteiger partial charge in [-0.3, -0.25) is 9.78 Å². The van der Waals surface area contributed by atoms with Gasteiger partial charge >= 0.3 is 0 Å². The van der Waals surface area contributed by atoms with Gasteiger partial charge in [0.05, 0.1) is 6.04 Å². The first-order chi connectivity index (χ1) is 12.7. The summed E-state index contributed by atoms with van der Waals surface area (Å²) < 4.78 is 19.1. The zero-order chi connectivity index (χ0) is 17.9. The molecule has 136 valence electrons. The van der Waals surface area contributed by atoms with E-state index in [0.717, 1.165) is 18.4 Å². The van der Waals surface area contributed by atoms with Crippen LogP contribution in [0.25, 0.3) is 0 Å². The summed E-state index contributed by atoms with van der Waals surface area (Å²) >= 11 is 0. The largest absolute Gasteiger partial charge is 0.489 e. The Kier molecular flexibility index (Phi) is 4.84. The molecule has 1 aliphatic heterocycles. The van der Waals surface area contributed by atoms with Crippen LogP contribution in [-0.4, -0.2) is 41.0 Å². The van der Waals surface area contributed by atoms with Crippen molar-refractivity contribution in [3.8, 4) is 5.75 Å². The van der Waals surface area contributed by atoms with Crippen LogP contribution in [-0.2, 0) is 4.79 Å². The highest BCUT2D eigenvalue weighted by molar-refractivity contribution is 5.81. The third kappa shape index (κ3) is 3.55. The minimum Gasteiger partial charge on any atom is -0.489 e. The van der Waals surface area contributed by atoms with E-state index in [1.54, 1.807) is 24.4 Å². The van der Waals surface area contributed by atoms with E-state index in [9.17, 15) is 9.18 Å². The minimum absolute atomic E-state index is 0.00263. The summed E-state index contributed by atoms with van der Waals surface area (Å²) in [6.07, 6.45) is 6.20. The average Bonchev–Trinajstić information content (AvgIpc) is 3.44. The summed E-state index contributed by atoms with van der Waals surface area (Å²) in [7, 11) is 0. The first-order valence-corrected chi connectivity index (χ1v) is 9.06. The lowest BCUT2D eigenvalue weighted by atomic mass is 10.0. The average molecular weight is 355 g/mol. The Bertz CT molecular complexity index is 767. The number of ether oxygens (including phenoxy) is 1. The SMILES string of the molecule is O=C1C[C@@H](NCCOc2ccccc2F)[C@H](c2cccnc2)N1C1CC1. The van der Waals surface area contributed by atoms with Gasteiger partial charge in [0.15, 0.2) is 11.6 Å². The van der Waals surface area contributed by atoms with Gasteiger partial charge in [0, 0.05) is 37.4 Å². The first kappa shape index (κ1) is 17.0. The Balaban J connectivity index is 1.40. The van der Waals surface area contributed by atoms with Gasteiger partial charge in [0.1, 0.15) is 6.61 Å². The summed E-state index contributed by atoms with van der Waals surface area (Å²) in [6.45, 7) is 0.885. The van der Waals surface area contributed by atoms with Crippen LogP contribution in [0.3, 0.4) is 0 Å². The standard InChI is InChI=1S/C20H22FN3O2/c21-16-5-1-2-6-18(16)26-11-10-23-17-12-19(25)24(15-7-8-15)20(17)14-4-3-9-22-13-14/h1-6,9,13,15,17,20,23H,7-8,10-12H2/t17-,20+/m1/s1. The summed E-state index contributed by atoms with van der Waals surface area (Å²) in [5.74, 6) is 0.0748. The van der Waals surface area contributed by atoms with Gasteiger partial charge in [0.25, 0.3) is 0 Å². The van der Waals surface area contributed by atoms with E-state index < -0.39 is 0 Å². The first-order valence-electron chi connectivity index (χ1n) is 9.06. The number of nitrogens with one attached hydrogen (secondary N) is 1. The third-order valence-corrected chi connectivity index (χ3v) is 4.93. The summed E-state index contributed by atoms with van der Waals surface area (Å²) in [5.41, 5.74) is 1.05. The molecule has 1 N–H and O–H groups in total. The van der Waals surface area contributed by atoms with Crippen LogP contribution in [0.4, 0.5) is 4.39 Å². The van der Waals surface area contributed by atoms with Crippen molar-refractivity contribution in [3.63, 3.8) is 0 Å². The molecular formula is C20H22FN3O2. The molecular weight excluding hydrogens is 333 g/mol. The van der Waals surface area contributed by atoms with Crippen LogP contribution in [0.2, 0.25) is 0 Å². The van der Waals surface area contributed by atoms with Gasteiger partial charge < -0.3 is 15.0 Å². The maximum Gasteiger partial charge on any atom is 0.225 e. The Morgan fingerprint density at radius 3 is 2.81 bits per heavy atom. The molecule has 4 rings (SSSR count). The summed E-state index contributed by atoms with van der Waals surface area (Å²) in [5, 5.41) is 3.43. The second-order valence-corrected chi connectivity index (χ2v) is 6.81. The van der Waals surface area contributed by atoms with E-state index in [1.807, 2.05) is 23.2 Å². The van der Waals surface area contributed by atoms with Crippen molar-refractivity contribution in [2.75, 3.05) is 13.2 Å². The molecule has 0 bridgehead atoms. The Morgan fingerprint density at radius 1 is 1.23 bits per heavy atom. The fourth-order valence-electron chi connectivity index (χ4n) is 3.63. The number of hydrogen-bond acceptors (Lipinski definition) is 4. The Hall–Kier alpha value is -2.47. The Morgan fingerprint density at radius 2 is 2.08 bits per heavy atom. The molecule has 6 heteroatoms. The van der Waals surface area contributed by atoms with Crippen molar-refractivity contribution in [1.29, 1.82) is 0 Å². The van der Waals surface area contributed by atoms with E-state index in [4.69, 9.17) is 4.74 Å². The molecule has 26 heavy (non-hydrogen) atoms. The molecule has 5 nitrogen and oxygen atoms in total. The highest BCUT2D eigenvalue weighted by atomic mass is 19.1. The third-order valence-electron chi connectivity index (χ3n) is 4.93. The zero-order valence-electron chi connectivity index (χ0n) is 14.5. The van der Waals surface area contributed by atoms with Crippen LogP contribution in [0.5, 0.6) is 5.75 Å². The lowest BCUT2D eigenvalue weighted by Gasteiger charge is -2.29. The van der Waals surface area contributed by atoms with Gasteiger partial charge in [-0.25, -0.2) is 4.39 Å². The number of pyridine rings is 1. The zero-order valence-corrected chi connectivity index (χ0v) is 14.5. The molecule has 2 aliphatic rings. The lowest BCUT2D eigenvalue weighted by molar-refractivity contribution is -0.129. The van der Waals surface area contributed by atoms with Crippen molar-refractivity contribution in [2.45, 2.75) is 37.4 Å². The van der Waals surface area contributed by atoms with E-state index >= 15 is 0 Å². The van der Waals surface area contributed by atoms with E-state index in [2.05, 4.69) is 10.3 Å². The van der Waals surface area contributed by atoms with E-state index in [-0.39, 0.29) is 29.6 Å². The number of nitrogens with zero attached hydrogens (tertiary/aromatic N) is 2. The van der Waals surface area contributed by atoms with Crippen molar-refractivity contribution in [2.24, 2.45) is 0 Å². The molecule has 1 aromatic carbocycles. The molecule has 2 heterocycles. The second-order valence-electron chi connectivity index (χ2n) is 6.81. The molecule has 1 saturated heterocycles. The van der Waals surface area contributed by atoms with Gasteiger partial charge in [-0.2, -0.15) is 0 Å². The van der Waals surface area contributed by atoms with Crippen LogP contribution in [0.1, 0.15) is 30.9 Å². The summed E-state index contributed by atoms with van der Waals surface area (Å²) in [6, 6.07) is 10.7. The maximum atomic E-state index is 13.6. The summed E-state index contributed by atoms with van der Waals surface area (Å²) in [4.78, 5) is 18.8. The van der Waals surface area contributed by atoms with Crippen LogP contribution < -0.4 is 10.1 Å². The smallest absolute Gasteiger partial charge is 0.225 e. The molecule has 0 unspecified atom stereocenters. The lowest BCUT2D eigenvalue weighted by Crippen LogP contribution is -2.39. The number of rotatable bonds is 7. The molecule has 1 saturated carbocycles. The van der Waals surface area contributed by atoms with Crippen LogP contribution in [0, 0.1) is 5.82 Å². The van der Waals surface area contributed by atoms with Crippen LogP contribution in [0.15, 0.2) is 48.8 Å². The molecule has 1 amide bonds. The normalized spacial score (nSPS) is 22.7. The van der Waals surface area contributed by atoms with Crippen molar-refractivity contribution in [3.05, 3.63) is 60.2 Å². The topological polar surface area (TPSA) is 54.5 Å². The van der Waals surface area contributed by atoms with E-state index in [0.29, 0.717) is 25.6 Å². The second kappa shape index (κ2) is 7.41. The predicted octanol–water partition coefficient (Wildman–Crippen LogP) is 2.69. The molecule has 2 fully saturated rings. The Labute approximate surface area is 152 Å². The fraction of sp³-hybridized carbons (Fsp3) is 0.400. The highest BCUT2D eigenvalue weighted by Crippen LogP contribution is 2.41. The number of halogens is 1. The number of carbonyl (C=O) groups excluding carboxylic acids is 1. The molecule has 1 aliphatic carbocycles. The van der Waals surface area contributed by atoms with Gasteiger partial charge in [-0.1, -0.05) is 18.2 Å². The highest BCUT2D eigenvalue weighted by Gasteiger charge is 2.47. The number of aromatic nitrogens is 1. The number of amides is 1. The maximum absolute atomic E-state index is 13.6. The number of para-hydroxylation sites is 1. The van der Waals surface area contributed by atoms with Crippen molar-refractivity contribution in [1.82, 2.24) is 15.2 Å². The predicted molar refractivity (Wildman–Crippen MR) is 95.1 cm³/mol. The minimum atomic E-state index is -0.364. The van der Waals surface area contributed by atoms with Crippen molar-refractivity contribution >= 4 is 5.91 Å². The quantitative estimate of drug-likeness (QED) is 0.776. The number of hydrogen-bond donors (Lipinski definition) is 1. The number of carbonyl (C=O) groups is 1. The van der Waals surface area contributed by atoms with Crippen LogP contribution >= 0.6 is 0 Å². The van der Waals surface area contributed by atoms with Gasteiger partial charge in [-0.05, 0) is 36.6 Å². The molecule has 2 atom stereocenters. The van der Waals surface area contributed by atoms with Crippen molar-refractivity contribution < 1.29 is 13.9 Å². The molecule has 0 spiro atoms. The number of likely N-dealkylation sites (tertiary alicyclic amines) is 1. The molecule has 2 aromatic rings. The molecule has 1 aromatic heterocycles. The van der Waals surface area contributed by atoms with Gasteiger partial charge in [0.2, 0.25) is 5.91 Å². The van der Waals surface area contributed by atoms with Gasteiger partial charge in [-0.15, -0.1) is 0 Å². The fourth-order valence-corrected chi connectivity index (χ4v) is 3.63. The molecule has 0 radical (unpaired) electrons. The monoisotopic (exact) mass is 355 g/mol.